The van der Waals surface area contributed by atoms with Crippen LogP contribution in [0.25, 0.3) is 0 Å². The predicted molar refractivity (Wildman–Crippen MR) is 126 cm³/mol. The summed E-state index contributed by atoms with van der Waals surface area (Å²) in [4.78, 5) is 40.3. The fraction of sp³-hybridized carbons (Fsp3) is 0.560. The largest absolute Gasteiger partial charge is 0.444 e. The van der Waals surface area contributed by atoms with Crippen LogP contribution in [0.1, 0.15) is 78.5 Å². The monoisotopic (exact) mass is 443 g/mol. The van der Waals surface area contributed by atoms with Crippen molar-refractivity contribution in [3.8, 4) is 12.3 Å². The lowest BCUT2D eigenvalue weighted by Gasteiger charge is -2.36. The van der Waals surface area contributed by atoms with Gasteiger partial charge in [-0.15, -0.1) is 6.42 Å². The van der Waals surface area contributed by atoms with Crippen molar-refractivity contribution in [1.29, 1.82) is 0 Å². The normalized spacial score (nSPS) is 13.0. The molecule has 1 aromatic rings. The number of unbranched alkanes of at least 4 members (excludes halogenated alkanes) is 1. The number of amides is 3. The van der Waals surface area contributed by atoms with E-state index in [-0.39, 0.29) is 17.9 Å². The van der Waals surface area contributed by atoms with E-state index in [2.05, 4.69) is 16.6 Å². The number of alkyl carbamates (subject to hydrolysis) is 1. The summed E-state index contributed by atoms with van der Waals surface area (Å²) in [6.07, 6.45) is 6.54. The molecule has 0 bridgehead atoms. The zero-order valence-electron chi connectivity index (χ0n) is 20.3. The molecule has 2 atom stereocenters. The smallest absolute Gasteiger partial charge is 0.408 e. The van der Waals surface area contributed by atoms with E-state index in [9.17, 15) is 14.4 Å². The first-order valence-electron chi connectivity index (χ1n) is 11.1. The quantitative estimate of drug-likeness (QED) is 0.449. The minimum Gasteiger partial charge on any atom is -0.444 e. The van der Waals surface area contributed by atoms with Crippen LogP contribution < -0.4 is 10.6 Å². The first-order chi connectivity index (χ1) is 14.9. The van der Waals surface area contributed by atoms with E-state index >= 15 is 0 Å². The number of carbonyl (C=O) groups is 3. The van der Waals surface area contributed by atoms with Crippen LogP contribution in [0.5, 0.6) is 0 Å². The highest BCUT2D eigenvalue weighted by Gasteiger charge is 2.36. The Balaban J connectivity index is 3.24. The molecule has 0 spiro atoms. The van der Waals surface area contributed by atoms with E-state index in [1.807, 2.05) is 20.8 Å². The Morgan fingerprint density at radius 3 is 2.19 bits per heavy atom. The molecule has 0 saturated heterocycles. The fourth-order valence-electron chi connectivity index (χ4n) is 3.13. The van der Waals surface area contributed by atoms with E-state index in [1.54, 1.807) is 52.0 Å². The number of hydrogen-bond acceptors (Lipinski definition) is 4. The minimum absolute atomic E-state index is 0.279. The first-order valence-corrected chi connectivity index (χ1v) is 11.1. The maximum atomic E-state index is 13.4. The van der Waals surface area contributed by atoms with E-state index in [0.717, 1.165) is 12.8 Å². The third-order valence-corrected chi connectivity index (χ3v) is 4.66. The van der Waals surface area contributed by atoms with Gasteiger partial charge in [0.1, 0.15) is 17.7 Å². The molecule has 0 aliphatic carbocycles. The summed E-state index contributed by atoms with van der Waals surface area (Å²) in [5.74, 6) is 1.89. The van der Waals surface area contributed by atoms with E-state index in [1.165, 1.54) is 4.90 Å². The van der Waals surface area contributed by atoms with Gasteiger partial charge >= 0.3 is 6.09 Å². The van der Waals surface area contributed by atoms with Gasteiger partial charge in [-0.25, -0.2) is 4.79 Å². The maximum absolute atomic E-state index is 13.4. The van der Waals surface area contributed by atoms with Crippen LogP contribution in [0.2, 0.25) is 0 Å². The average molecular weight is 444 g/mol. The Morgan fingerprint density at radius 2 is 1.72 bits per heavy atom. The zero-order valence-corrected chi connectivity index (χ0v) is 20.3. The number of terminal acetylenes is 1. The van der Waals surface area contributed by atoms with Gasteiger partial charge in [-0.2, -0.15) is 0 Å². The Morgan fingerprint density at radius 1 is 1.12 bits per heavy atom. The van der Waals surface area contributed by atoms with Crippen molar-refractivity contribution >= 4 is 17.9 Å². The summed E-state index contributed by atoms with van der Waals surface area (Å²) in [6, 6.07) is 4.94. The number of nitrogens with one attached hydrogen (secondary N) is 2. The van der Waals surface area contributed by atoms with E-state index < -0.39 is 23.8 Å². The predicted octanol–water partition coefficient (Wildman–Crippen LogP) is 3.78. The lowest BCUT2D eigenvalue weighted by atomic mass is 10.00. The summed E-state index contributed by atoms with van der Waals surface area (Å²) in [6.45, 7) is 13.0. The second-order valence-electron chi connectivity index (χ2n) is 9.02. The molecule has 0 fully saturated rings. The second kappa shape index (κ2) is 12.1. The highest BCUT2D eigenvalue weighted by atomic mass is 16.6. The van der Waals surface area contributed by atoms with Gasteiger partial charge in [-0.1, -0.05) is 31.4 Å². The fourth-order valence-corrected chi connectivity index (χ4v) is 3.13. The number of hydrogen-bond donors (Lipinski definition) is 2. The molecular formula is C25H37N3O4. The molecule has 176 valence electrons. The molecular weight excluding hydrogens is 406 g/mol. The van der Waals surface area contributed by atoms with Crippen molar-refractivity contribution in [2.45, 2.75) is 85.0 Å². The Kier molecular flexibility index (Phi) is 10.2. The number of benzene rings is 1. The van der Waals surface area contributed by atoms with Crippen LogP contribution in [0.4, 0.5) is 4.79 Å². The van der Waals surface area contributed by atoms with E-state index in [4.69, 9.17) is 11.2 Å². The maximum Gasteiger partial charge on any atom is 0.408 e. The SMILES string of the molecule is C#Cc1ccc(C(C(=O)NCCCC)N(C(=O)C(C)NC(=O)OC(C)(C)C)C(C)C)cc1. The van der Waals surface area contributed by atoms with Crippen LogP contribution in [-0.2, 0) is 14.3 Å². The second-order valence-corrected chi connectivity index (χ2v) is 9.02. The summed E-state index contributed by atoms with van der Waals surface area (Å²) in [5, 5.41) is 5.50. The van der Waals surface area contributed by atoms with E-state index in [0.29, 0.717) is 17.7 Å². The highest BCUT2D eigenvalue weighted by molar-refractivity contribution is 5.92. The first kappa shape index (κ1) is 27.0. The molecule has 1 rings (SSSR count). The summed E-state index contributed by atoms with van der Waals surface area (Å²) < 4.78 is 5.26. The van der Waals surface area contributed by atoms with Crippen LogP contribution >= 0.6 is 0 Å². The van der Waals surface area contributed by atoms with Crippen LogP contribution in [0.3, 0.4) is 0 Å². The van der Waals surface area contributed by atoms with Gasteiger partial charge in [0.15, 0.2) is 0 Å². The standard InChI is InChI=1S/C25H37N3O4/c1-9-11-16-26-22(29)21(20-14-12-19(10-2)13-15-20)28(17(3)4)23(30)18(5)27-24(31)32-25(6,7)8/h2,12-15,17-18,21H,9,11,16H2,1,3-8H3,(H,26,29)(H,27,31). The van der Waals surface area contributed by atoms with Crippen LogP contribution in [-0.4, -0.2) is 47.0 Å². The molecule has 2 N–H and O–H groups in total. The number of nitrogens with zero attached hydrogens (tertiary/aromatic N) is 1. The summed E-state index contributed by atoms with van der Waals surface area (Å²) in [5.41, 5.74) is 0.635. The minimum atomic E-state index is -0.886. The molecule has 0 aliphatic rings. The van der Waals surface area contributed by atoms with Crippen molar-refractivity contribution < 1.29 is 19.1 Å². The number of ether oxygens (including phenoxy) is 1. The van der Waals surface area contributed by atoms with Crippen LogP contribution in [0.15, 0.2) is 24.3 Å². The van der Waals surface area contributed by atoms with Gasteiger partial charge in [0.05, 0.1) is 0 Å². The molecule has 0 heterocycles. The van der Waals surface area contributed by atoms with Gasteiger partial charge < -0.3 is 20.3 Å². The van der Waals surface area contributed by atoms with Gasteiger partial charge in [-0.05, 0) is 65.7 Å². The van der Waals surface area contributed by atoms with Crippen molar-refractivity contribution in [3.63, 3.8) is 0 Å². The van der Waals surface area contributed by atoms with Gasteiger partial charge in [0.2, 0.25) is 11.8 Å². The summed E-state index contributed by atoms with van der Waals surface area (Å²) >= 11 is 0. The number of carbonyl (C=O) groups excluding carboxylic acids is 3. The lowest BCUT2D eigenvalue weighted by molar-refractivity contribution is -0.144. The molecule has 0 saturated carbocycles. The van der Waals surface area contributed by atoms with Gasteiger partial charge in [-0.3, -0.25) is 9.59 Å². The van der Waals surface area contributed by atoms with Gasteiger partial charge in [0.25, 0.3) is 0 Å². The Labute approximate surface area is 192 Å². The van der Waals surface area contributed by atoms with Crippen LogP contribution in [0, 0.1) is 12.3 Å². The number of rotatable bonds is 9. The molecule has 32 heavy (non-hydrogen) atoms. The molecule has 2 unspecified atom stereocenters. The average Bonchev–Trinajstić information content (AvgIpc) is 2.69. The van der Waals surface area contributed by atoms with Crippen molar-refractivity contribution in [2.75, 3.05) is 6.54 Å². The molecule has 0 radical (unpaired) electrons. The molecule has 0 aliphatic heterocycles. The van der Waals surface area contributed by atoms with Crippen molar-refractivity contribution in [3.05, 3.63) is 35.4 Å². The van der Waals surface area contributed by atoms with Gasteiger partial charge in [0, 0.05) is 18.2 Å². The molecule has 3 amide bonds. The summed E-state index contributed by atoms with van der Waals surface area (Å²) in [7, 11) is 0. The highest BCUT2D eigenvalue weighted by Crippen LogP contribution is 2.25. The Bertz CT molecular complexity index is 819. The molecule has 7 nitrogen and oxygen atoms in total. The molecule has 0 aromatic heterocycles. The van der Waals surface area contributed by atoms with Crippen molar-refractivity contribution in [1.82, 2.24) is 15.5 Å². The third kappa shape index (κ3) is 8.26. The third-order valence-electron chi connectivity index (χ3n) is 4.66. The zero-order chi connectivity index (χ0) is 24.5. The van der Waals surface area contributed by atoms with Crippen molar-refractivity contribution in [2.24, 2.45) is 0 Å². The molecule has 1 aromatic carbocycles. The lowest BCUT2D eigenvalue weighted by Crippen LogP contribution is -2.54. The Hall–Kier alpha value is -3.01. The molecule has 7 heteroatoms. The topological polar surface area (TPSA) is 87.7 Å².